The molecule has 0 radical (unpaired) electrons. The third-order valence-corrected chi connectivity index (χ3v) is 4.15. The molecule has 0 aromatic carbocycles. The van der Waals surface area contributed by atoms with Crippen LogP contribution in [0.5, 0.6) is 0 Å². The summed E-state index contributed by atoms with van der Waals surface area (Å²) < 4.78 is 0. The monoisotopic (exact) mass is 286 g/mol. The fourth-order valence-electron chi connectivity index (χ4n) is 2.14. The number of amides is 2. The molecule has 0 rings (SSSR count). The second-order valence-corrected chi connectivity index (χ2v) is 6.43. The average Bonchev–Trinajstić information content (AvgIpc) is 2.34. The number of carbonyl (C=O) groups is 2. The maximum absolute atomic E-state index is 11.8. The van der Waals surface area contributed by atoms with Gasteiger partial charge in [0.25, 0.3) is 0 Å². The zero-order chi connectivity index (χ0) is 15.9. The van der Waals surface area contributed by atoms with Crippen molar-refractivity contribution in [3.63, 3.8) is 0 Å². The van der Waals surface area contributed by atoms with E-state index in [1.54, 1.807) is 13.8 Å². The highest BCUT2D eigenvalue weighted by molar-refractivity contribution is 5.77. The van der Waals surface area contributed by atoms with E-state index in [2.05, 4.69) is 38.3 Å². The Kier molecular flexibility index (Phi) is 7.61. The molecular formula is C15H30N2O3. The standard InChI is InChI=1S/C15H30N2O3/c1-7-15(6,13(18)19)9-17-14(20)16-8-12(10(2)3)11(4)5/h10-12H,7-9H2,1-6H3,(H,18,19)(H2,16,17,20). The summed E-state index contributed by atoms with van der Waals surface area (Å²) >= 11 is 0. The number of carbonyl (C=O) groups excluding carboxylic acids is 1. The van der Waals surface area contributed by atoms with Gasteiger partial charge >= 0.3 is 12.0 Å². The van der Waals surface area contributed by atoms with E-state index in [-0.39, 0.29) is 12.6 Å². The maximum Gasteiger partial charge on any atom is 0.314 e. The second kappa shape index (κ2) is 8.12. The van der Waals surface area contributed by atoms with Crippen LogP contribution in [0, 0.1) is 23.2 Å². The minimum absolute atomic E-state index is 0.138. The topological polar surface area (TPSA) is 78.4 Å². The molecule has 1 atom stereocenters. The van der Waals surface area contributed by atoms with Crippen LogP contribution >= 0.6 is 0 Å². The van der Waals surface area contributed by atoms with E-state index in [0.29, 0.717) is 30.7 Å². The number of urea groups is 1. The van der Waals surface area contributed by atoms with Crippen molar-refractivity contribution < 1.29 is 14.7 Å². The van der Waals surface area contributed by atoms with Gasteiger partial charge in [0.15, 0.2) is 0 Å². The lowest BCUT2D eigenvalue weighted by atomic mass is 9.85. The molecule has 0 bridgehead atoms. The molecule has 0 saturated heterocycles. The fraction of sp³-hybridized carbons (Fsp3) is 0.867. The first-order valence-corrected chi connectivity index (χ1v) is 7.39. The zero-order valence-corrected chi connectivity index (χ0v) is 13.6. The minimum Gasteiger partial charge on any atom is -0.481 e. The van der Waals surface area contributed by atoms with Gasteiger partial charge in [0.1, 0.15) is 0 Å². The van der Waals surface area contributed by atoms with E-state index in [4.69, 9.17) is 5.11 Å². The van der Waals surface area contributed by atoms with Crippen molar-refractivity contribution in [3.8, 4) is 0 Å². The predicted octanol–water partition coefficient (Wildman–Crippen LogP) is 2.71. The summed E-state index contributed by atoms with van der Waals surface area (Å²) in [5.41, 5.74) is -0.910. The highest BCUT2D eigenvalue weighted by Crippen LogP contribution is 2.20. The van der Waals surface area contributed by atoms with Gasteiger partial charge in [-0.2, -0.15) is 0 Å². The third-order valence-electron chi connectivity index (χ3n) is 4.15. The van der Waals surface area contributed by atoms with E-state index in [9.17, 15) is 9.59 Å². The summed E-state index contributed by atoms with van der Waals surface area (Å²) in [5.74, 6) is 0.519. The quantitative estimate of drug-likeness (QED) is 0.642. The summed E-state index contributed by atoms with van der Waals surface area (Å²) in [6.07, 6.45) is 0.475. The van der Waals surface area contributed by atoms with E-state index >= 15 is 0 Å². The van der Waals surface area contributed by atoms with Crippen LogP contribution in [0.15, 0.2) is 0 Å². The van der Waals surface area contributed by atoms with E-state index < -0.39 is 11.4 Å². The summed E-state index contributed by atoms with van der Waals surface area (Å²) in [5, 5.41) is 14.6. The van der Waals surface area contributed by atoms with Crippen LogP contribution in [-0.2, 0) is 4.79 Å². The van der Waals surface area contributed by atoms with Gasteiger partial charge in [-0.05, 0) is 31.1 Å². The minimum atomic E-state index is -0.910. The summed E-state index contributed by atoms with van der Waals surface area (Å²) in [4.78, 5) is 22.9. The smallest absolute Gasteiger partial charge is 0.314 e. The van der Waals surface area contributed by atoms with Crippen molar-refractivity contribution >= 4 is 12.0 Å². The normalized spacial score (nSPS) is 14.4. The van der Waals surface area contributed by atoms with Gasteiger partial charge in [-0.15, -0.1) is 0 Å². The Morgan fingerprint density at radius 2 is 1.60 bits per heavy atom. The lowest BCUT2D eigenvalue weighted by Crippen LogP contribution is -2.46. The van der Waals surface area contributed by atoms with Crippen LogP contribution in [0.25, 0.3) is 0 Å². The Morgan fingerprint density at radius 3 is 1.95 bits per heavy atom. The highest BCUT2D eigenvalue weighted by Gasteiger charge is 2.31. The van der Waals surface area contributed by atoms with Crippen LogP contribution in [0.2, 0.25) is 0 Å². The van der Waals surface area contributed by atoms with Crippen molar-refractivity contribution in [1.82, 2.24) is 10.6 Å². The molecule has 2 amide bonds. The molecule has 0 aliphatic carbocycles. The van der Waals surface area contributed by atoms with E-state index in [1.165, 1.54) is 0 Å². The molecule has 3 N–H and O–H groups in total. The molecule has 20 heavy (non-hydrogen) atoms. The lowest BCUT2D eigenvalue weighted by Gasteiger charge is -2.26. The second-order valence-electron chi connectivity index (χ2n) is 6.43. The van der Waals surface area contributed by atoms with Gasteiger partial charge in [0.05, 0.1) is 5.41 Å². The van der Waals surface area contributed by atoms with Gasteiger partial charge in [-0.3, -0.25) is 4.79 Å². The number of nitrogens with one attached hydrogen (secondary N) is 2. The molecule has 118 valence electrons. The first-order valence-electron chi connectivity index (χ1n) is 7.39. The summed E-state index contributed by atoms with van der Waals surface area (Å²) in [7, 11) is 0. The molecule has 0 aromatic heterocycles. The largest absolute Gasteiger partial charge is 0.481 e. The first kappa shape index (κ1) is 18.7. The van der Waals surface area contributed by atoms with Crippen LogP contribution in [-0.4, -0.2) is 30.2 Å². The molecule has 1 unspecified atom stereocenters. The van der Waals surface area contributed by atoms with Crippen LogP contribution < -0.4 is 10.6 Å². The molecule has 0 saturated carbocycles. The van der Waals surface area contributed by atoms with Gasteiger partial charge in [0.2, 0.25) is 0 Å². The Morgan fingerprint density at radius 1 is 1.10 bits per heavy atom. The summed E-state index contributed by atoms with van der Waals surface area (Å²) in [6, 6.07) is -0.294. The van der Waals surface area contributed by atoms with Gasteiger partial charge in [-0.25, -0.2) is 4.79 Å². The fourth-order valence-corrected chi connectivity index (χ4v) is 2.14. The van der Waals surface area contributed by atoms with E-state index in [0.717, 1.165) is 0 Å². The number of carboxylic acid groups (broad SMARTS) is 1. The molecule has 0 aliphatic rings. The Bertz CT molecular complexity index is 321. The number of carboxylic acids is 1. The number of aliphatic carboxylic acids is 1. The first-order chi connectivity index (χ1) is 9.14. The molecule has 0 spiro atoms. The number of rotatable bonds is 8. The van der Waals surface area contributed by atoms with Crippen molar-refractivity contribution in [2.75, 3.05) is 13.1 Å². The van der Waals surface area contributed by atoms with Crippen LogP contribution in [0.1, 0.15) is 48.0 Å². The van der Waals surface area contributed by atoms with Crippen molar-refractivity contribution in [2.24, 2.45) is 23.2 Å². The molecule has 0 fully saturated rings. The average molecular weight is 286 g/mol. The Hall–Kier alpha value is -1.26. The molecule has 0 aromatic rings. The molecule has 0 aliphatic heterocycles. The zero-order valence-electron chi connectivity index (χ0n) is 13.6. The number of hydrogen-bond acceptors (Lipinski definition) is 2. The lowest BCUT2D eigenvalue weighted by molar-refractivity contribution is -0.147. The van der Waals surface area contributed by atoms with Crippen molar-refractivity contribution in [3.05, 3.63) is 0 Å². The van der Waals surface area contributed by atoms with Crippen molar-refractivity contribution in [1.29, 1.82) is 0 Å². The van der Waals surface area contributed by atoms with Gasteiger partial charge in [0, 0.05) is 13.1 Å². The molecule has 5 heteroatoms. The van der Waals surface area contributed by atoms with Crippen molar-refractivity contribution in [2.45, 2.75) is 48.0 Å². The Labute approximate surface area is 122 Å². The molecule has 0 heterocycles. The highest BCUT2D eigenvalue weighted by atomic mass is 16.4. The van der Waals surface area contributed by atoms with Gasteiger partial charge < -0.3 is 15.7 Å². The van der Waals surface area contributed by atoms with E-state index in [1.807, 2.05) is 0 Å². The van der Waals surface area contributed by atoms with Gasteiger partial charge in [-0.1, -0.05) is 34.6 Å². The molecular weight excluding hydrogens is 256 g/mol. The number of hydrogen-bond donors (Lipinski definition) is 3. The predicted molar refractivity (Wildman–Crippen MR) is 80.6 cm³/mol. The Balaban J connectivity index is 4.28. The maximum atomic E-state index is 11.8. The van der Waals surface area contributed by atoms with Crippen LogP contribution in [0.3, 0.4) is 0 Å². The summed E-state index contributed by atoms with van der Waals surface area (Å²) in [6.45, 7) is 12.8. The van der Waals surface area contributed by atoms with Crippen LogP contribution in [0.4, 0.5) is 4.79 Å². The SMILES string of the molecule is CCC(C)(CNC(=O)NCC(C(C)C)C(C)C)C(=O)O. The third kappa shape index (κ3) is 5.80. The molecule has 5 nitrogen and oxygen atoms in total.